The zero-order valence-corrected chi connectivity index (χ0v) is 13.7. The number of aromatic nitrogens is 2. The van der Waals surface area contributed by atoms with E-state index in [0.717, 1.165) is 16.8 Å². The minimum atomic E-state index is 0.292. The van der Waals surface area contributed by atoms with E-state index in [1.807, 2.05) is 65.1 Å². The van der Waals surface area contributed by atoms with Crippen LogP contribution in [0.3, 0.4) is 0 Å². The van der Waals surface area contributed by atoms with Gasteiger partial charge in [0.1, 0.15) is 23.1 Å². The summed E-state index contributed by atoms with van der Waals surface area (Å²) in [5.74, 6) is 0.292. The average Bonchev–Trinajstić information content (AvgIpc) is 2.82. The van der Waals surface area contributed by atoms with Crippen molar-refractivity contribution in [2.75, 3.05) is 0 Å². The molecule has 5 heteroatoms. The Kier molecular flexibility index (Phi) is 6.46. The standard InChI is InChI=1S/C15H14BN3O.C2H6/c1-10-11(2)19(3)18-14(10)15(20-16)13(9-17)12-7-5-4-6-8-12;1-2/h4-8H,1-3H3;1-2H3. The summed E-state index contributed by atoms with van der Waals surface area (Å²) < 4.78 is 6.71. The SMILES string of the molecule is CC.[B]OC(=C(C#N)c1ccccc1)c1nn(C)c(C)c1C. The van der Waals surface area contributed by atoms with Gasteiger partial charge in [-0.05, 0) is 19.4 Å². The molecule has 4 nitrogen and oxygen atoms in total. The lowest BCUT2D eigenvalue weighted by molar-refractivity contribution is 0.567. The van der Waals surface area contributed by atoms with Gasteiger partial charge in [-0.15, -0.1) is 0 Å². The second-order valence-electron chi connectivity index (χ2n) is 4.48. The van der Waals surface area contributed by atoms with Crippen LogP contribution in [0.4, 0.5) is 0 Å². The molecule has 0 fully saturated rings. The highest BCUT2D eigenvalue weighted by Gasteiger charge is 2.18. The number of aryl methyl sites for hydroxylation is 1. The molecule has 1 aromatic carbocycles. The molecular formula is C17H20BN3O. The molecule has 0 atom stereocenters. The van der Waals surface area contributed by atoms with E-state index in [9.17, 15) is 5.26 Å². The van der Waals surface area contributed by atoms with E-state index < -0.39 is 0 Å². The van der Waals surface area contributed by atoms with Gasteiger partial charge in [0.25, 0.3) is 0 Å². The van der Waals surface area contributed by atoms with Gasteiger partial charge in [0.05, 0.1) is 0 Å². The van der Waals surface area contributed by atoms with Crippen LogP contribution in [0.15, 0.2) is 30.3 Å². The molecule has 2 rings (SSSR count). The smallest absolute Gasteiger partial charge is 0.374 e. The van der Waals surface area contributed by atoms with Gasteiger partial charge in [-0.1, -0.05) is 44.2 Å². The minimum absolute atomic E-state index is 0.292. The second-order valence-corrected chi connectivity index (χ2v) is 4.48. The molecule has 2 aromatic rings. The van der Waals surface area contributed by atoms with Gasteiger partial charge >= 0.3 is 8.05 Å². The fourth-order valence-corrected chi connectivity index (χ4v) is 2.01. The van der Waals surface area contributed by atoms with Crippen LogP contribution in [0.5, 0.6) is 0 Å². The van der Waals surface area contributed by atoms with Crippen LogP contribution in [0, 0.1) is 25.2 Å². The van der Waals surface area contributed by atoms with E-state index >= 15 is 0 Å². The Labute approximate surface area is 133 Å². The number of allylic oxidation sites excluding steroid dienone is 1. The molecule has 22 heavy (non-hydrogen) atoms. The first-order valence-corrected chi connectivity index (χ1v) is 7.17. The monoisotopic (exact) mass is 293 g/mol. The molecule has 0 amide bonds. The van der Waals surface area contributed by atoms with Crippen molar-refractivity contribution in [1.82, 2.24) is 9.78 Å². The molecular weight excluding hydrogens is 273 g/mol. The lowest BCUT2D eigenvalue weighted by Gasteiger charge is -2.09. The molecule has 0 spiro atoms. The maximum Gasteiger partial charge on any atom is 0.374 e. The summed E-state index contributed by atoms with van der Waals surface area (Å²) in [6, 6.07) is 11.4. The molecule has 0 aliphatic rings. The molecule has 0 bridgehead atoms. The summed E-state index contributed by atoms with van der Waals surface area (Å²) in [5, 5.41) is 13.8. The first-order chi connectivity index (χ1) is 10.6. The maximum absolute atomic E-state index is 9.43. The Morgan fingerprint density at radius 1 is 1.23 bits per heavy atom. The summed E-state index contributed by atoms with van der Waals surface area (Å²) in [6.45, 7) is 7.88. The average molecular weight is 293 g/mol. The van der Waals surface area contributed by atoms with Gasteiger partial charge in [0, 0.05) is 18.3 Å². The lowest BCUT2D eigenvalue weighted by atomic mass is 10.0. The second kappa shape index (κ2) is 8.09. The third kappa shape index (κ3) is 3.40. The number of hydrogen-bond acceptors (Lipinski definition) is 3. The molecule has 2 radical (unpaired) electrons. The van der Waals surface area contributed by atoms with Crippen molar-refractivity contribution in [1.29, 1.82) is 5.26 Å². The van der Waals surface area contributed by atoms with Crippen molar-refractivity contribution in [3.05, 3.63) is 52.8 Å². The van der Waals surface area contributed by atoms with Crippen molar-refractivity contribution in [3.63, 3.8) is 0 Å². The Bertz CT molecular complexity index is 697. The van der Waals surface area contributed by atoms with E-state index in [2.05, 4.69) is 11.2 Å². The van der Waals surface area contributed by atoms with E-state index in [1.165, 1.54) is 0 Å². The van der Waals surface area contributed by atoms with Gasteiger partial charge in [0.2, 0.25) is 0 Å². The zero-order chi connectivity index (χ0) is 16.7. The van der Waals surface area contributed by atoms with E-state index in [4.69, 9.17) is 12.7 Å². The van der Waals surface area contributed by atoms with Crippen LogP contribution >= 0.6 is 0 Å². The van der Waals surface area contributed by atoms with E-state index in [1.54, 1.807) is 4.68 Å². The third-order valence-electron chi connectivity index (χ3n) is 3.37. The lowest BCUT2D eigenvalue weighted by Crippen LogP contribution is -1.98. The number of nitriles is 1. The van der Waals surface area contributed by atoms with Gasteiger partial charge in [-0.3, -0.25) is 4.68 Å². The number of benzene rings is 1. The molecule has 0 saturated heterocycles. The van der Waals surface area contributed by atoms with E-state index in [0.29, 0.717) is 17.0 Å². The van der Waals surface area contributed by atoms with Crippen LogP contribution in [0.25, 0.3) is 11.3 Å². The fraction of sp³-hybridized carbons (Fsp3) is 0.294. The first kappa shape index (κ1) is 17.6. The van der Waals surface area contributed by atoms with Crippen molar-refractivity contribution in [2.24, 2.45) is 7.05 Å². The fourth-order valence-electron chi connectivity index (χ4n) is 2.01. The molecule has 112 valence electrons. The predicted molar refractivity (Wildman–Crippen MR) is 89.7 cm³/mol. The van der Waals surface area contributed by atoms with Crippen molar-refractivity contribution >= 4 is 19.4 Å². The topological polar surface area (TPSA) is 50.8 Å². The normalized spacial score (nSPS) is 10.9. The van der Waals surface area contributed by atoms with Gasteiger partial charge in [-0.25, -0.2) is 0 Å². The molecule has 0 aliphatic carbocycles. The highest BCUT2D eigenvalue weighted by Crippen LogP contribution is 2.28. The maximum atomic E-state index is 9.43. The molecule has 0 unspecified atom stereocenters. The molecule has 0 saturated carbocycles. The summed E-state index contributed by atoms with van der Waals surface area (Å²) in [7, 11) is 7.23. The largest absolute Gasteiger partial charge is 0.565 e. The summed E-state index contributed by atoms with van der Waals surface area (Å²) in [5.41, 5.74) is 3.65. The van der Waals surface area contributed by atoms with Crippen LogP contribution in [-0.2, 0) is 11.7 Å². The van der Waals surface area contributed by atoms with Crippen molar-refractivity contribution in [2.45, 2.75) is 27.7 Å². The van der Waals surface area contributed by atoms with Gasteiger partial charge < -0.3 is 4.65 Å². The van der Waals surface area contributed by atoms with Gasteiger partial charge in [-0.2, -0.15) is 10.4 Å². The highest BCUT2D eigenvalue weighted by atomic mass is 16.4. The van der Waals surface area contributed by atoms with Crippen LogP contribution < -0.4 is 0 Å². The number of hydrogen-bond donors (Lipinski definition) is 0. The molecule has 1 heterocycles. The number of rotatable bonds is 3. The van der Waals surface area contributed by atoms with Crippen molar-refractivity contribution in [3.8, 4) is 6.07 Å². The van der Waals surface area contributed by atoms with Crippen molar-refractivity contribution < 1.29 is 4.65 Å². The number of nitrogens with zero attached hydrogens (tertiary/aromatic N) is 3. The third-order valence-corrected chi connectivity index (χ3v) is 3.37. The van der Waals surface area contributed by atoms with Crippen LogP contribution in [-0.4, -0.2) is 17.8 Å². The van der Waals surface area contributed by atoms with E-state index in [-0.39, 0.29) is 0 Å². The minimum Gasteiger partial charge on any atom is -0.565 e. The Morgan fingerprint density at radius 2 is 1.82 bits per heavy atom. The van der Waals surface area contributed by atoms with Gasteiger partial charge in [0.15, 0.2) is 0 Å². The Hall–Kier alpha value is -2.48. The zero-order valence-electron chi connectivity index (χ0n) is 13.7. The quantitative estimate of drug-likeness (QED) is 0.494. The Balaban J connectivity index is 0.00000116. The van der Waals surface area contributed by atoms with Crippen LogP contribution in [0.1, 0.15) is 36.4 Å². The molecule has 0 aliphatic heterocycles. The molecule has 0 N–H and O–H groups in total. The highest BCUT2D eigenvalue weighted by molar-refractivity contribution is 6.06. The summed E-state index contributed by atoms with van der Waals surface area (Å²) >= 11 is 0. The summed E-state index contributed by atoms with van der Waals surface area (Å²) in [4.78, 5) is 0. The predicted octanol–water partition coefficient (Wildman–Crippen LogP) is 3.56. The van der Waals surface area contributed by atoms with Crippen LogP contribution in [0.2, 0.25) is 0 Å². The molecule has 1 aromatic heterocycles. The Morgan fingerprint density at radius 3 is 2.23 bits per heavy atom. The summed E-state index contributed by atoms with van der Waals surface area (Å²) in [6.07, 6.45) is 0. The first-order valence-electron chi connectivity index (χ1n) is 7.17.